The molecule has 4 heteroatoms. The molecule has 0 bridgehead atoms. The van der Waals surface area contributed by atoms with Crippen LogP contribution in [0.4, 0.5) is 0 Å². The van der Waals surface area contributed by atoms with Gasteiger partial charge in [0.25, 0.3) is 5.65 Å². The molecule has 0 fully saturated rings. The maximum absolute atomic E-state index is 4.62. The van der Waals surface area contributed by atoms with Gasteiger partial charge in [0.2, 0.25) is 6.33 Å². The average Bonchev–Trinajstić information content (AvgIpc) is 3.14. The Morgan fingerprint density at radius 3 is 2.28 bits per heavy atom. The molecule has 0 amide bonds. The molecule has 2 heterocycles. The number of nitrogens with zero attached hydrogens (tertiary/aromatic N) is 4. The van der Waals surface area contributed by atoms with Crippen molar-refractivity contribution in [2.45, 2.75) is 13.8 Å². The standard InChI is InChI=1S/C25H21N4/c1-18-8-6-9-19(2)23(18)20-10-7-13-22(16-20)29-17-28(21-11-4-3-5-12-21)24-25(29)27-15-14-26-24/h3-17H,1-2H3/q+1. The highest BCUT2D eigenvalue weighted by Crippen LogP contribution is 2.29. The third-order valence-corrected chi connectivity index (χ3v) is 5.28. The molecule has 29 heavy (non-hydrogen) atoms. The van der Waals surface area contributed by atoms with Gasteiger partial charge >= 0.3 is 5.65 Å². The minimum Gasteiger partial charge on any atom is -0.215 e. The number of imidazole rings is 1. The number of benzene rings is 3. The quantitative estimate of drug-likeness (QED) is 0.416. The summed E-state index contributed by atoms with van der Waals surface area (Å²) in [6.07, 6.45) is 5.53. The lowest BCUT2D eigenvalue weighted by Crippen LogP contribution is -2.29. The van der Waals surface area contributed by atoms with E-state index in [0.717, 1.165) is 22.7 Å². The van der Waals surface area contributed by atoms with Crippen LogP contribution >= 0.6 is 0 Å². The summed E-state index contributed by atoms with van der Waals surface area (Å²) in [6, 6.07) is 25.3. The summed E-state index contributed by atoms with van der Waals surface area (Å²) in [5.74, 6) is 0. The second-order valence-electron chi connectivity index (χ2n) is 7.21. The third kappa shape index (κ3) is 2.99. The Labute approximate surface area is 169 Å². The normalized spacial score (nSPS) is 11.1. The summed E-state index contributed by atoms with van der Waals surface area (Å²) < 4.78 is 4.18. The van der Waals surface area contributed by atoms with E-state index in [-0.39, 0.29) is 0 Å². The molecule has 0 atom stereocenters. The van der Waals surface area contributed by atoms with Gasteiger partial charge in [0.15, 0.2) is 0 Å². The smallest absolute Gasteiger partial charge is 0.215 e. The summed E-state index contributed by atoms with van der Waals surface area (Å²) in [6.45, 7) is 4.32. The van der Waals surface area contributed by atoms with E-state index in [2.05, 4.69) is 93.9 Å². The number of rotatable bonds is 3. The van der Waals surface area contributed by atoms with Crippen molar-refractivity contribution in [2.75, 3.05) is 0 Å². The van der Waals surface area contributed by atoms with E-state index in [1.54, 1.807) is 12.4 Å². The van der Waals surface area contributed by atoms with Crippen molar-refractivity contribution in [3.63, 3.8) is 0 Å². The average molecular weight is 377 g/mol. The van der Waals surface area contributed by atoms with Gasteiger partial charge in [-0.1, -0.05) is 48.5 Å². The Hall–Kier alpha value is -3.79. The molecule has 3 aromatic carbocycles. The van der Waals surface area contributed by atoms with E-state index in [0.29, 0.717) is 0 Å². The van der Waals surface area contributed by atoms with Crippen LogP contribution < -0.4 is 4.57 Å². The zero-order chi connectivity index (χ0) is 19.8. The molecular formula is C25H21N4+. The molecule has 0 aliphatic rings. The summed E-state index contributed by atoms with van der Waals surface area (Å²) >= 11 is 0. The number of aryl methyl sites for hydroxylation is 2. The van der Waals surface area contributed by atoms with Crippen molar-refractivity contribution in [3.8, 4) is 22.5 Å². The first-order valence-corrected chi connectivity index (χ1v) is 9.68. The highest BCUT2D eigenvalue weighted by atomic mass is 15.2. The van der Waals surface area contributed by atoms with Gasteiger partial charge in [0.1, 0.15) is 17.6 Å². The largest absolute Gasteiger partial charge is 0.327 e. The van der Waals surface area contributed by atoms with Crippen molar-refractivity contribution < 1.29 is 4.57 Å². The van der Waals surface area contributed by atoms with Crippen LogP contribution in [0.5, 0.6) is 0 Å². The molecular weight excluding hydrogens is 356 g/mol. The van der Waals surface area contributed by atoms with E-state index in [1.807, 2.05) is 18.2 Å². The van der Waals surface area contributed by atoms with Crippen LogP contribution in [0.2, 0.25) is 0 Å². The second-order valence-corrected chi connectivity index (χ2v) is 7.21. The molecule has 5 rings (SSSR count). The molecule has 0 aliphatic carbocycles. The molecule has 5 aromatic rings. The van der Waals surface area contributed by atoms with Gasteiger partial charge in [0, 0.05) is 0 Å². The molecule has 140 valence electrons. The molecule has 2 aromatic heterocycles. The zero-order valence-electron chi connectivity index (χ0n) is 16.4. The summed E-state index contributed by atoms with van der Waals surface area (Å²) in [7, 11) is 0. The lowest BCUT2D eigenvalue weighted by atomic mass is 9.95. The predicted molar refractivity (Wildman–Crippen MR) is 115 cm³/mol. The first-order chi connectivity index (χ1) is 14.2. The maximum atomic E-state index is 4.62. The summed E-state index contributed by atoms with van der Waals surface area (Å²) in [4.78, 5) is 9.21. The number of para-hydroxylation sites is 1. The molecule has 0 saturated heterocycles. The second kappa shape index (κ2) is 6.99. The molecule has 0 aliphatic heterocycles. The van der Waals surface area contributed by atoms with Crippen LogP contribution in [0, 0.1) is 13.8 Å². The van der Waals surface area contributed by atoms with Crippen molar-refractivity contribution in [1.82, 2.24) is 14.5 Å². The first kappa shape index (κ1) is 17.3. The molecule has 4 nitrogen and oxygen atoms in total. The highest BCUT2D eigenvalue weighted by Gasteiger charge is 2.20. The molecule has 0 radical (unpaired) electrons. The fourth-order valence-electron chi connectivity index (χ4n) is 3.94. The van der Waals surface area contributed by atoms with Crippen LogP contribution in [-0.4, -0.2) is 14.5 Å². The topological polar surface area (TPSA) is 34.6 Å². The van der Waals surface area contributed by atoms with Crippen molar-refractivity contribution >= 4 is 11.3 Å². The SMILES string of the molecule is Cc1cccc(C)c1-c1cccc(-n2c[n+](-c3ccccc3)c3nccnc32)c1. The lowest BCUT2D eigenvalue weighted by molar-refractivity contribution is -0.570. The Kier molecular flexibility index (Phi) is 4.17. The lowest BCUT2D eigenvalue weighted by Gasteiger charge is -2.10. The maximum Gasteiger partial charge on any atom is 0.327 e. The number of aromatic nitrogens is 4. The van der Waals surface area contributed by atoms with Crippen LogP contribution in [0.15, 0.2) is 91.5 Å². The van der Waals surface area contributed by atoms with E-state index in [4.69, 9.17) is 0 Å². The number of hydrogen-bond acceptors (Lipinski definition) is 2. The molecule has 0 N–H and O–H groups in total. The van der Waals surface area contributed by atoms with Crippen molar-refractivity contribution in [3.05, 3.63) is 103 Å². The number of fused-ring (bicyclic) bond motifs is 1. The van der Waals surface area contributed by atoms with Gasteiger partial charge < -0.3 is 0 Å². The van der Waals surface area contributed by atoms with Crippen LogP contribution in [-0.2, 0) is 0 Å². The Bertz CT molecular complexity index is 1300. The van der Waals surface area contributed by atoms with Gasteiger partial charge in [-0.3, -0.25) is 0 Å². The van der Waals surface area contributed by atoms with Crippen LogP contribution in [0.25, 0.3) is 33.8 Å². The Morgan fingerprint density at radius 2 is 1.48 bits per heavy atom. The fraction of sp³-hybridized carbons (Fsp3) is 0.0800. The van der Waals surface area contributed by atoms with Gasteiger partial charge in [-0.05, 0) is 60.4 Å². The number of hydrogen-bond donors (Lipinski definition) is 0. The fourth-order valence-corrected chi connectivity index (χ4v) is 3.94. The Balaban J connectivity index is 1.72. The van der Waals surface area contributed by atoms with Crippen molar-refractivity contribution in [2.24, 2.45) is 0 Å². The first-order valence-electron chi connectivity index (χ1n) is 9.68. The molecule has 0 spiro atoms. The zero-order valence-corrected chi connectivity index (χ0v) is 16.4. The minimum atomic E-state index is 0.829. The summed E-state index contributed by atoms with van der Waals surface area (Å²) in [5.41, 5.74) is 8.82. The predicted octanol–water partition coefficient (Wildman–Crippen LogP) is 4.98. The van der Waals surface area contributed by atoms with Gasteiger partial charge in [-0.2, -0.15) is 4.57 Å². The van der Waals surface area contributed by atoms with E-state index >= 15 is 0 Å². The highest BCUT2D eigenvalue weighted by molar-refractivity contribution is 5.73. The van der Waals surface area contributed by atoms with Gasteiger partial charge in [-0.15, -0.1) is 4.98 Å². The van der Waals surface area contributed by atoms with E-state index in [1.165, 1.54) is 22.3 Å². The minimum absolute atomic E-state index is 0.829. The van der Waals surface area contributed by atoms with Crippen LogP contribution in [0.3, 0.4) is 0 Å². The summed E-state index contributed by atoms with van der Waals surface area (Å²) in [5, 5.41) is 0. The van der Waals surface area contributed by atoms with Gasteiger partial charge in [-0.25, -0.2) is 9.55 Å². The van der Waals surface area contributed by atoms with E-state index in [9.17, 15) is 0 Å². The molecule has 0 saturated carbocycles. The van der Waals surface area contributed by atoms with Crippen LogP contribution in [0.1, 0.15) is 11.1 Å². The monoisotopic (exact) mass is 377 g/mol. The third-order valence-electron chi connectivity index (χ3n) is 5.28. The van der Waals surface area contributed by atoms with Crippen molar-refractivity contribution in [1.29, 1.82) is 0 Å². The Morgan fingerprint density at radius 1 is 0.759 bits per heavy atom. The van der Waals surface area contributed by atoms with Gasteiger partial charge in [0.05, 0.1) is 6.20 Å². The van der Waals surface area contributed by atoms with E-state index < -0.39 is 0 Å². The molecule has 0 unspecified atom stereocenters.